The van der Waals surface area contributed by atoms with Crippen molar-refractivity contribution in [3.8, 4) is 0 Å². The van der Waals surface area contributed by atoms with Gasteiger partial charge in [-0.05, 0) is 48.9 Å². The van der Waals surface area contributed by atoms with Crippen LogP contribution in [0.15, 0.2) is 21.5 Å². The molecule has 112 valence electrons. The predicted octanol–water partition coefficient (Wildman–Crippen LogP) is 2.72. The van der Waals surface area contributed by atoms with Crippen molar-refractivity contribution in [1.29, 1.82) is 0 Å². The van der Waals surface area contributed by atoms with Crippen molar-refractivity contribution < 1.29 is 13.5 Å². The normalized spacial score (nSPS) is 16.8. The first-order chi connectivity index (χ1) is 9.44. The smallest absolute Gasteiger partial charge is 0.240 e. The highest BCUT2D eigenvalue weighted by Gasteiger charge is 2.22. The predicted molar refractivity (Wildman–Crippen MR) is 81.9 cm³/mol. The minimum absolute atomic E-state index is 0.177. The van der Waals surface area contributed by atoms with Crippen LogP contribution >= 0.6 is 15.9 Å². The molecule has 0 aromatic heterocycles. The molecule has 1 aromatic carbocycles. The molecule has 1 aliphatic rings. The zero-order valence-electron chi connectivity index (χ0n) is 11.5. The van der Waals surface area contributed by atoms with Crippen LogP contribution in [0, 0.1) is 12.8 Å². The number of aliphatic hydroxyl groups excluding tert-OH is 1. The van der Waals surface area contributed by atoms with Crippen LogP contribution in [0.25, 0.3) is 0 Å². The maximum Gasteiger partial charge on any atom is 0.240 e. The highest BCUT2D eigenvalue weighted by molar-refractivity contribution is 9.10. The maximum absolute atomic E-state index is 12.4. The molecule has 0 spiro atoms. The number of nitrogens with one attached hydrogen (secondary N) is 1. The summed E-state index contributed by atoms with van der Waals surface area (Å²) < 4.78 is 28.2. The SMILES string of the molecule is Cc1c(Br)cc(CO)cc1S(=O)(=O)NCC1CCCC1. The molecule has 20 heavy (non-hydrogen) atoms. The van der Waals surface area contributed by atoms with Crippen molar-refractivity contribution in [3.63, 3.8) is 0 Å². The molecule has 4 nitrogen and oxygen atoms in total. The second-order valence-electron chi connectivity index (χ2n) is 5.36. The third kappa shape index (κ3) is 3.61. The summed E-state index contributed by atoms with van der Waals surface area (Å²) in [6.07, 6.45) is 4.58. The Kier molecular flexibility index (Phi) is 5.23. The molecule has 0 atom stereocenters. The van der Waals surface area contributed by atoms with Gasteiger partial charge in [0.05, 0.1) is 11.5 Å². The lowest BCUT2D eigenvalue weighted by molar-refractivity contribution is 0.281. The molecular weight excluding hydrogens is 342 g/mol. The molecule has 2 N–H and O–H groups in total. The molecular formula is C14H20BrNO3S. The van der Waals surface area contributed by atoms with Crippen LogP contribution in [-0.4, -0.2) is 20.1 Å². The Bertz CT molecular complexity index is 580. The van der Waals surface area contributed by atoms with Crippen LogP contribution in [0.4, 0.5) is 0 Å². The summed E-state index contributed by atoms with van der Waals surface area (Å²) in [5, 5.41) is 9.21. The number of halogens is 1. The van der Waals surface area contributed by atoms with Gasteiger partial charge in [0.2, 0.25) is 10.0 Å². The number of sulfonamides is 1. The van der Waals surface area contributed by atoms with E-state index in [1.165, 1.54) is 18.9 Å². The van der Waals surface area contributed by atoms with E-state index in [9.17, 15) is 13.5 Å². The van der Waals surface area contributed by atoms with Gasteiger partial charge in [0, 0.05) is 11.0 Å². The van der Waals surface area contributed by atoms with E-state index < -0.39 is 10.0 Å². The molecule has 0 radical (unpaired) electrons. The lowest BCUT2D eigenvalue weighted by Crippen LogP contribution is -2.29. The fourth-order valence-electron chi connectivity index (χ4n) is 2.60. The van der Waals surface area contributed by atoms with Crippen molar-refractivity contribution >= 4 is 26.0 Å². The average Bonchev–Trinajstić information content (AvgIpc) is 2.92. The van der Waals surface area contributed by atoms with Gasteiger partial charge in [-0.3, -0.25) is 0 Å². The lowest BCUT2D eigenvalue weighted by atomic mass is 10.1. The van der Waals surface area contributed by atoms with Gasteiger partial charge >= 0.3 is 0 Å². The van der Waals surface area contributed by atoms with E-state index in [-0.39, 0.29) is 11.5 Å². The summed E-state index contributed by atoms with van der Waals surface area (Å²) >= 11 is 3.34. The molecule has 2 rings (SSSR count). The van der Waals surface area contributed by atoms with E-state index in [1.807, 2.05) is 0 Å². The number of hydrogen-bond acceptors (Lipinski definition) is 3. The largest absolute Gasteiger partial charge is 0.392 e. The first-order valence-electron chi connectivity index (χ1n) is 6.83. The van der Waals surface area contributed by atoms with E-state index in [0.717, 1.165) is 12.8 Å². The standard InChI is InChI=1S/C14H20BrNO3S/c1-10-13(15)6-12(9-17)7-14(10)20(18,19)16-8-11-4-2-3-5-11/h6-7,11,16-17H,2-5,8-9H2,1H3. The van der Waals surface area contributed by atoms with Crippen molar-refractivity contribution in [2.45, 2.75) is 44.1 Å². The molecule has 0 unspecified atom stereocenters. The minimum atomic E-state index is -3.52. The quantitative estimate of drug-likeness (QED) is 0.847. The van der Waals surface area contributed by atoms with E-state index in [1.54, 1.807) is 13.0 Å². The van der Waals surface area contributed by atoms with Crippen LogP contribution in [0.3, 0.4) is 0 Å². The molecule has 1 fully saturated rings. The van der Waals surface area contributed by atoms with Crippen LogP contribution < -0.4 is 4.72 Å². The first-order valence-corrected chi connectivity index (χ1v) is 9.11. The topological polar surface area (TPSA) is 66.4 Å². The van der Waals surface area contributed by atoms with Crippen molar-refractivity contribution in [3.05, 3.63) is 27.7 Å². The van der Waals surface area contributed by atoms with Crippen LogP contribution in [0.2, 0.25) is 0 Å². The Balaban J connectivity index is 2.21. The Labute approximate surface area is 128 Å². The Morgan fingerprint density at radius 1 is 1.35 bits per heavy atom. The van der Waals surface area contributed by atoms with E-state index in [0.29, 0.717) is 28.1 Å². The van der Waals surface area contributed by atoms with Crippen molar-refractivity contribution in [2.75, 3.05) is 6.54 Å². The summed E-state index contributed by atoms with van der Waals surface area (Å²) in [7, 11) is -3.52. The maximum atomic E-state index is 12.4. The summed E-state index contributed by atoms with van der Waals surface area (Å²) in [5.41, 5.74) is 1.25. The van der Waals surface area contributed by atoms with Gasteiger partial charge in [0.15, 0.2) is 0 Å². The average molecular weight is 362 g/mol. The van der Waals surface area contributed by atoms with E-state index in [4.69, 9.17) is 0 Å². The van der Waals surface area contributed by atoms with Crippen molar-refractivity contribution in [1.82, 2.24) is 4.72 Å². The Morgan fingerprint density at radius 2 is 2.00 bits per heavy atom. The molecule has 6 heteroatoms. The Morgan fingerprint density at radius 3 is 2.60 bits per heavy atom. The lowest BCUT2D eigenvalue weighted by Gasteiger charge is -2.14. The van der Waals surface area contributed by atoms with Crippen LogP contribution in [0.5, 0.6) is 0 Å². The highest BCUT2D eigenvalue weighted by Crippen LogP contribution is 2.27. The zero-order valence-corrected chi connectivity index (χ0v) is 13.9. The zero-order chi connectivity index (χ0) is 14.8. The third-order valence-electron chi connectivity index (χ3n) is 3.87. The molecule has 0 aliphatic heterocycles. The van der Waals surface area contributed by atoms with E-state index >= 15 is 0 Å². The van der Waals surface area contributed by atoms with Gasteiger partial charge in [-0.25, -0.2) is 13.1 Å². The highest BCUT2D eigenvalue weighted by atomic mass is 79.9. The van der Waals surface area contributed by atoms with Gasteiger partial charge in [-0.2, -0.15) is 0 Å². The molecule has 0 bridgehead atoms. The monoisotopic (exact) mass is 361 g/mol. The Hall–Kier alpha value is -0.430. The van der Waals surface area contributed by atoms with Gasteiger partial charge in [0.1, 0.15) is 0 Å². The van der Waals surface area contributed by atoms with Gasteiger partial charge in [0.25, 0.3) is 0 Å². The molecule has 1 aromatic rings. The number of rotatable bonds is 5. The first kappa shape index (κ1) is 15.9. The summed E-state index contributed by atoms with van der Waals surface area (Å²) in [5.74, 6) is 0.453. The second-order valence-corrected chi connectivity index (χ2v) is 7.95. The van der Waals surface area contributed by atoms with Gasteiger partial charge in [-0.1, -0.05) is 28.8 Å². The second kappa shape index (κ2) is 6.56. The fraction of sp³-hybridized carbons (Fsp3) is 0.571. The van der Waals surface area contributed by atoms with Crippen LogP contribution in [0.1, 0.15) is 36.8 Å². The molecule has 1 aliphatic carbocycles. The fourth-order valence-corrected chi connectivity index (χ4v) is 4.67. The van der Waals surface area contributed by atoms with Crippen molar-refractivity contribution in [2.24, 2.45) is 5.92 Å². The summed E-state index contributed by atoms with van der Waals surface area (Å²) in [4.78, 5) is 0.244. The molecule has 0 heterocycles. The van der Waals surface area contributed by atoms with Gasteiger partial charge in [-0.15, -0.1) is 0 Å². The number of hydrogen-bond donors (Lipinski definition) is 2. The minimum Gasteiger partial charge on any atom is -0.392 e. The van der Waals surface area contributed by atoms with E-state index in [2.05, 4.69) is 20.7 Å². The van der Waals surface area contributed by atoms with Gasteiger partial charge < -0.3 is 5.11 Å². The third-order valence-corrected chi connectivity index (χ3v) is 6.24. The number of aliphatic hydroxyl groups is 1. The number of benzene rings is 1. The molecule has 1 saturated carbocycles. The summed E-state index contributed by atoms with van der Waals surface area (Å²) in [6.45, 7) is 2.09. The summed E-state index contributed by atoms with van der Waals surface area (Å²) in [6, 6.07) is 3.28. The molecule has 0 amide bonds. The van der Waals surface area contributed by atoms with Crippen LogP contribution in [-0.2, 0) is 16.6 Å². The molecule has 0 saturated heterocycles.